The first kappa shape index (κ1) is 88.1. The molecule has 19 heteroatoms. The first-order valence-corrected chi connectivity index (χ1v) is 39.7. The van der Waals surface area contributed by atoms with Gasteiger partial charge in [0, 0.05) is 25.7 Å². The van der Waals surface area contributed by atoms with E-state index in [0.29, 0.717) is 37.5 Å². The molecule has 0 saturated heterocycles. The Bertz CT molecular complexity index is 1780. The summed E-state index contributed by atoms with van der Waals surface area (Å²) < 4.78 is 68.3. The van der Waals surface area contributed by atoms with Crippen LogP contribution in [0.25, 0.3) is 0 Å². The Kier molecular flexibility index (Phi) is 59.4. The molecule has 0 heterocycles. The van der Waals surface area contributed by atoms with Crippen LogP contribution in [0.15, 0.2) is 0 Å². The molecule has 17 nitrogen and oxygen atoms in total. The summed E-state index contributed by atoms with van der Waals surface area (Å²) in [6.07, 6.45) is 43.3. The average Bonchev–Trinajstić information content (AvgIpc) is 3.29. The number of ether oxygens (including phenoxy) is 4. The number of aliphatic hydroxyl groups is 1. The Hall–Kier alpha value is -1.94. The second-order valence-corrected chi connectivity index (χ2v) is 30.4. The Morgan fingerprint density at radius 2 is 0.467 bits per heavy atom. The van der Waals surface area contributed by atoms with Crippen molar-refractivity contribution in [3.8, 4) is 0 Å². The summed E-state index contributed by atoms with van der Waals surface area (Å²) in [6.45, 7) is 14.0. The largest absolute Gasteiger partial charge is 0.472 e. The molecule has 0 aliphatic rings. The summed E-state index contributed by atoms with van der Waals surface area (Å²) in [6, 6.07) is 0. The minimum absolute atomic E-state index is 0.103. The van der Waals surface area contributed by atoms with Crippen LogP contribution in [0, 0.1) is 23.7 Å². The molecule has 0 rings (SSSR count). The summed E-state index contributed by atoms with van der Waals surface area (Å²) >= 11 is 0. The van der Waals surface area contributed by atoms with Crippen LogP contribution in [0.4, 0.5) is 0 Å². The van der Waals surface area contributed by atoms with Gasteiger partial charge in [-0.3, -0.25) is 37.3 Å². The van der Waals surface area contributed by atoms with Crippen LogP contribution >= 0.6 is 15.6 Å². The second kappa shape index (κ2) is 60.7. The number of carbonyl (C=O) groups excluding carboxylic acids is 4. The highest BCUT2D eigenvalue weighted by atomic mass is 31.2. The molecule has 0 fully saturated rings. The number of hydrogen-bond donors (Lipinski definition) is 3. The third kappa shape index (κ3) is 64.8. The molecule has 0 aromatic heterocycles. The fourth-order valence-corrected chi connectivity index (χ4v) is 12.2. The molecule has 0 aromatic carbocycles. The SMILES string of the molecule is CC(C)CCCCCCCCCCCCCCCCC(=O)O[C@H](COC(=O)CCCCCCCCC(C)C)COP(=O)(O)OC[C@H](O)COP(=O)(O)OC[C@@H](COC(=O)CCCCCCCCCCCCCC(C)C)OC(=O)CCCCCCCCCC(C)C. The van der Waals surface area contributed by atoms with Gasteiger partial charge in [0.05, 0.1) is 26.4 Å². The molecule has 90 heavy (non-hydrogen) atoms. The molecule has 0 spiro atoms. The lowest BCUT2D eigenvalue weighted by molar-refractivity contribution is -0.161. The van der Waals surface area contributed by atoms with Crippen LogP contribution in [0.1, 0.15) is 351 Å². The van der Waals surface area contributed by atoms with Crippen LogP contribution in [-0.2, 0) is 65.4 Å². The second-order valence-electron chi connectivity index (χ2n) is 27.5. The number of rotatable bonds is 68. The summed E-state index contributed by atoms with van der Waals surface area (Å²) in [5, 5.41) is 10.6. The summed E-state index contributed by atoms with van der Waals surface area (Å²) in [7, 11) is -9.90. The van der Waals surface area contributed by atoms with E-state index in [4.69, 9.17) is 37.0 Å². The molecular formula is C71H138O17P2. The van der Waals surface area contributed by atoms with Crippen molar-refractivity contribution >= 4 is 39.5 Å². The Morgan fingerprint density at radius 3 is 0.689 bits per heavy atom. The monoisotopic (exact) mass is 1320 g/mol. The molecule has 0 saturated carbocycles. The quantitative estimate of drug-likeness (QED) is 0.0222. The molecule has 5 atom stereocenters. The van der Waals surface area contributed by atoms with Crippen molar-refractivity contribution in [1.29, 1.82) is 0 Å². The number of aliphatic hydroxyl groups excluding tert-OH is 1. The molecule has 0 aliphatic carbocycles. The Labute approximate surface area is 549 Å². The van der Waals surface area contributed by atoms with Gasteiger partial charge in [0.1, 0.15) is 19.3 Å². The molecule has 0 bridgehead atoms. The average molecular weight is 1330 g/mol. The maximum atomic E-state index is 13.0. The van der Waals surface area contributed by atoms with Crippen LogP contribution < -0.4 is 0 Å². The number of carbonyl (C=O) groups is 4. The molecular weight excluding hydrogens is 1190 g/mol. The van der Waals surface area contributed by atoms with Crippen LogP contribution in [0.3, 0.4) is 0 Å². The van der Waals surface area contributed by atoms with E-state index in [1.54, 1.807) is 0 Å². The minimum Gasteiger partial charge on any atom is -0.462 e. The summed E-state index contributed by atoms with van der Waals surface area (Å²) in [5.74, 6) is 0.810. The first-order valence-electron chi connectivity index (χ1n) is 36.7. The highest BCUT2D eigenvalue weighted by Gasteiger charge is 2.30. The van der Waals surface area contributed by atoms with Crippen LogP contribution in [0.2, 0.25) is 0 Å². The lowest BCUT2D eigenvalue weighted by Gasteiger charge is -2.21. The molecule has 0 radical (unpaired) electrons. The van der Waals surface area contributed by atoms with Gasteiger partial charge in [-0.05, 0) is 49.4 Å². The van der Waals surface area contributed by atoms with E-state index in [-0.39, 0.29) is 25.7 Å². The summed E-state index contributed by atoms with van der Waals surface area (Å²) in [4.78, 5) is 72.5. The summed E-state index contributed by atoms with van der Waals surface area (Å²) in [5.41, 5.74) is 0. The van der Waals surface area contributed by atoms with Crippen LogP contribution in [0.5, 0.6) is 0 Å². The Morgan fingerprint density at radius 1 is 0.278 bits per heavy atom. The zero-order valence-corrected chi connectivity index (χ0v) is 60.6. The van der Waals surface area contributed by atoms with Crippen molar-refractivity contribution in [3.63, 3.8) is 0 Å². The van der Waals surface area contributed by atoms with E-state index >= 15 is 0 Å². The topological polar surface area (TPSA) is 237 Å². The van der Waals surface area contributed by atoms with Gasteiger partial charge in [0.25, 0.3) is 0 Å². The van der Waals surface area contributed by atoms with E-state index in [2.05, 4.69) is 55.4 Å². The van der Waals surface area contributed by atoms with Gasteiger partial charge in [-0.15, -0.1) is 0 Å². The lowest BCUT2D eigenvalue weighted by atomic mass is 10.0. The smallest absolute Gasteiger partial charge is 0.462 e. The zero-order valence-electron chi connectivity index (χ0n) is 58.8. The third-order valence-electron chi connectivity index (χ3n) is 16.3. The predicted molar refractivity (Wildman–Crippen MR) is 363 cm³/mol. The first-order chi connectivity index (χ1) is 43.1. The van der Waals surface area contributed by atoms with E-state index in [0.717, 1.165) is 108 Å². The van der Waals surface area contributed by atoms with Crippen molar-refractivity contribution in [3.05, 3.63) is 0 Å². The molecule has 2 unspecified atom stereocenters. The normalized spacial score (nSPS) is 14.3. The third-order valence-corrected chi connectivity index (χ3v) is 18.2. The van der Waals surface area contributed by atoms with Gasteiger partial charge in [0.2, 0.25) is 0 Å². The number of phosphoric ester groups is 2. The van der Waals surface area contributed by atoms with Crippen molar-refractivity contribution in [2.45, 2.75) is 369 Å². The fourth-order valence-electron chi connectivity index (χ4n) is 10.7. The predicted octanol–water partition coefficient (Wildman–Crippen LogP) is 20.1. The number of hydrogen-bond acceptors (Lipinski definition) is 15. The molecule has 0 aromatic rings. The van der Waals surface area contributed by atoms with Crippen molar-refractivity contribution < 1.29 is 80.2 Å². The van der Waals surface area contributed by atoms with E-state index in [9.17, 15) is 43.2 Å². The zero-order chi connectivity index (χ0) is 66.8. The standard InChI is InChI=1S/C71H138O17P2/c1-61(2)47-39-31-23-18-14-11-9-10-12-16-21-27-37-45-53-70(75)87-67(58-82-69(74)52-44-36-30-29-34-42-50-64(7)8)60-86-90(79,80)84-56-65(72)55-83-89(77,78)85-59-66(88-71(76)54-46-38-28-22-25-33-41-49-63(5)6)57-81-68(73)51-43-35-26-20-17-13-15-19-24-32-40-48-62(3)4/h61-67,72H,9-60H2,1-8H3,(H,77,78)(H,79,80)/t65-,66-,67-/m1/s1. The van der Waals surface area contributed by atoms with Gasteiger partial charge >= 0.3 is 39.5 Å². The van der Waals surface area contributed by atoms with Crippen molar-refractivity contribution in [2.75, 3.05) is 39.6 Å². The van der Waals surface area contributed by atoms with Crippen LogP contribution in [-0.4, -0.2) is 96.7 Å². The van der Waals surface area contributed by atoms with Gasteiger partial charge in [-0.1, -0.05) is 299 Å². The lowest BCUT2D eigenvalue weighted by Crippen LogP contribution is -2.30. The molecule has 0 aliphatic heterocycles. The van der Waals surface area contributed by atoms with Gasteiger partial charge in [0.15, 0.2) is 12.2 Å². The van der Waals surface area contributed by atoms with Gasteiger partial charge in [-0.2, -0.15) is 0 Å². The van der Waals surface area contributed by atoms with E-state index in [1.807, 2.05) is 0 Å². The molecule has 0 amide bonds. The van der Waals surface area contributed by atoms with E-state index < -0.39 is 97.5 Å². The Balaban J connectivity index is 5.20. The minimum atomic E-state index is -4.95. The van der Waals surface area contributed by atoms with Crippen molar-refractivity contribution in [2.24, 2.45) is 23.7 Å². The highest BCUT2D eigenvalue weighted by Crippen LogP contribution is 2.45. The number of esters is 4. The van der Waals surface area contributed by atoms with Gasteiger partial charge in [-0.25, -0.2) is 9.13 Å². The van der Waals surface area contributed by atoms with Gasteiger partial charge < -0.3 is 33.8 Å². The molecule has 534 valence electrons. The molecule has 3 N–H and O–H groups in total. The maximum absolute atomic E-state index is 13.0. The highest BCUT2D eigenvalue weighted by molar-refractivity contribution is 7.47. The number of unbranched alkanes of at least 4 members (excludes halogenated alkanes) is 34. The van der Waals surface area contributed by atoms with Crippen molar-refractivity contribution in [1.82, 2.24) is 0 Å². The maximum Gasteiger partial charge on any atom is 0.472 e. The van der Waals surface area contributed by atoms with E-state index in [1.165, 1.54) is 148 Å². The number of phosphoric acid groups is 2. The fraction of sp³-hybridized carbons (Fsp3) is 0.944.